The van der Waals surface area contributed by atoms with Crippen LogP contribution in [0, 0.1) is 0 Å². The molecule has 0 fully saturated rings. The smallest absolute Gasteiger partial charge is 0.321 e. The normalized spacial score (nSPS) is 13.1. The Morgan fingerprint density at radius 2 is 1.91 bits per heavy atom. The van der Waals surface area contributed by atoms with Crippen molar-refractivity contribution in [1.29, 1.82) is 0 Å². The number of rotatable bonds is 6. The maximum atomic E-state index is 12.7. The van der Waals surface area contributed by atoms with Crippen molar-refractivity contribution in [2.45, 2.75) is 19.5 Å². The first kappa shape index (κ1) is 17.2. The molecule has 1 heterocycles. The quantitative estimate of drug-likeness (QED) is 0.748. The fraction of sp³-hybridized carbons (Fsp3) is 0.294. The predicted molar refractivity (Wildman–Crippen MR) is 91.3 cm³/mol. The van der Waals surface area contributed by atoms with Gasteiger partial charge in [0.25, 0.3) is 5.91 Å². The Bertz CT molecular complexity index is 629. The summed E-state index contributed by atoms with van der Waals surface area (Å²) >= 11 is 1.68. The number of hydrogen-bond donors (Lipinski definition) is 3. The van der Waals surface area contributed by atoms with Crippen molar-refractivity contribution in [2.75, 3.05) is 13.6 Å². The first-order valence-electron chi connectivity index (χ1n) is 7.60. The number of carbonyl (C=O) groups is 2. The van der Waals surface area contributed by atoms with E-state index in [4.69, 9.17) is 0 Å². The van der Waals surface area contributed by atoms with Gasteiger partial charge in [0.1, 0.15) is 6.54 Å². The van der Waals surface area contributed by atoms with Gasteiger partial charge in [-0.2, -0.15) is 0 Å². The highest BCUT2D eigenvalue weighted by Gasteiger charge is 2.31. The molecule has 0 aliphatic rings. The number of nitrogens with one attached hydrogen (secondary N) is 3. The van der Waals surface area contributed by atoms with Gasteiger partial charge in [0.2, 0.25) is 0 Å². The lowest BCUT2D eigenvalue weighted by atomic mass is 10.0. The van der Waals surface area contributed by atoms with Crippen LogP contribution in [0.5, 0.6) is 0 Å². The molecule has 0 bridgehead atoms. The van der Waals surface area contributed by atoms with Gasteiger partial charge in [-0.15, -0.1) is 11.3 Å². The van der Waals surface area contributed by atoms with Crippen molar-refractivity contribution in [2.24, 2.45) is 0 Å². The molecule has 122 valence electrons. The van der Waals surface area contributed by atoms with E-state index in [1.165, 1.54) is 11.9 Å². The Labute approximate surface area is 140 Å². The number of quaternary nitrogens is 1. The molecule has 3 N–H and O–H groups in total. The summed E-state index contributed by atoms with van der Waals surface area (Å²) in [4.78, 5) is 26.5. The SMILES string of the molecule is CC[NH+](Cc1cccs1)[C@@H](C(=O)NC(=O)NC)c1ccccc1. The van der Waals surface area contributed by atoms with Crippen LogP contribution in [0.25, 0.3) is 0 Å². The van der Waals surface area contributed by atoms with Crippen LogP contribution in [0.4, 0.5) is 4.79 Å². The standard InChI is InChI=1S/C17H21N3O2S/c1-3-20(12-14-10-7-11-23-14)15(13-8-5-4-6-9-13)16(21)19-17(22)18-2/h4-11,15H,3,12H2,1-2H3,(H2,18,19,21,22)/p+1/t15-/m1/s1. The van der Waals surface area contributed by atoms with Gasteiger partial charge in [0.15, 0.2) is 6.04 Å². The summed E-state index contributed by atoms with van der Waals surface area (Å²) in [5, 5.41) is 6.88. The molecule has 2 rings (SSSR count). The lowest BCUT2D eigenvalue weighted by Crippen LogP contribution is -3.12. The van der Waals surface area contributed by atoms with E-state index >= 15 is 0 Å². The molecule has 0 radical (unpaired) electrons. The molecule has 0 aliphatic carbocycles. The molecule has 1 unspecified atom stereocenters. The van der Waals surface area contributed by atoms with Crippen LogP contribution >= 0.6 is 11.3 Å². The molecular formula is C17H22N3O2S+. The summed E-state index contributed by atoms with van der Waals surface area (Å²) in [5.74, 6) is -0.288. The summed E-state index contributed by atoms with van der Waals surface area (Å²) < 4.78 is 0. The number of imide groups is 1. The summed E-state index contributed by atoms with van der Waals surface area (Å²) in [5.41, 5.74) is 0.905. The van der Waals surface area contributed by atoms with Crippen LogP contribution in [-0.4, -0.2) is 25.5 Å². The van der Waals surface area contributed by atoms with Gasteiger partial charge in [-0.25, -0.2) is 4.79 Å². The molecule has 0 saturated carbocycles. The minimum absolute atomic E-state index is 0.288. The molecule has 0 saturated heterocycles. The molecule has 6 heteroatoms. The Balaban J connectivity index is 2.27. The number of hydrogen-bond acceptors (Lipinski definition) is 3. The monoisotopic (exact) mass is 332 g/mol. The van der Waals surface area contributed by atoms with Gasteiger partial charge in [0, 0.05) is 12.6 Å². The van der Waals surface area contributed by atoms with E-state index in [0.717, 1.165) is 23.6 Å². The molecule has 2 atom stereocenters. The first-order valence-corrected chi connectivity index (χ1v) is 8.48. The largest absolute Gasteiger partial charge is 0.341 e. The Morgan fingerprint density at radius 1 is 1.17 bits per heavy atom. The second-order valence-electron chi connectivity index (χ2n) is 5.18. The molecule has 1 aromatic carbocycles. The van der Waals surface area contributed by atoms with Crippen LogP contribution < -0.4 is 15.5 Å². The minimum atomic E-state index is -0.484. The first-order chi connectivity index (χ1) is 11.2. The zero-order chi connectivity index (χ0) is 16.7. The number of carbonyl (C=O) groups excluding carboxylic acids is 2. The molecule has 5 nitrogen and oxygen atoms in total. The average Bonchev–Trinajstić information content (AvgIpc) is 3.08. The van der Waals surface area contributed by atoms with Crippen LogP contribution in [0.1, 0.15) is 23.4 Å². The van der Waals surface area contributed by atoms with Gasteiger partial charge >= 0.3 is 6.03 Å². The topological polar surface area (TPSA) is 62.6 Å². The third kappa shape index (κ3) is 4.64. The lowest BCUT2D eigenvalue weighted by Gasteiger charge is -2.26. The van der Waals surface area contributed by atoms with Gasteiger partial charge in [-0.3, -0.25) is 10.1 Å². The number of benzene rings is 1. The van der Waals surface area contributed by atoms with E-state index in [2.05, 4.69) is 16.7 Å². The summed E-state index contributed by atoms with van der Waals surface area (Å²) in [7, 11) is 1.50. The van der Waals surface area contributed by atoms with E-state index in [9.17, 15) is 9.59 Å². The van der Waals surface area contributed by atoms with Gasteiger partial charge in [0.05, 0.1) is 11.4 Å². The second kappa shape index (κ2) is 8.45. The van der Waals surface area contributed by atoms with Gasteiger partial charge in [-0.1, -0.05) is 36.4 Å². The maximum absolute atomic E-state index is 12.7. The molecular weight excluding hydrogens is 310 g/mol. The zero-order valence-electron chi connectivity index (χ0n) is 13.3. The number of likely N-dealkylation sites (N-methyl/N-ethyl adjacent to an activating group) is 1. The van der Waals surface area contributed by atoms with Crippen molar-refractivity contribution in [1.82, 2.24) is 10.6 Å². The Kier molecular flexibility index (Phi) is 6.31. The fourth-order valence-electron chi connectivity index (χ4n) is 2.53. The van der Waals surface area contributed by atoms with E-state index in [1.807, 2.05) is 48.7 Å². The second-order valence-corrected chi connectivity index (χ2v) is 6.21. The highest BCUT2D eigenvalue weighted by molar-refractivity contribution is 7.09. The number of urea groups is 1. The Morgan fingerprint density at radius 3 is 2.48 bits per heavy atom. The van der Waals surface area contributed by atoms with Crippen LogP contribution in [-0.2, 0) is 11.3 Å². The van der Waals surface area contributed by atoms with Gasteiger partial charge in [-0.05, 0) is 18.4 Å². The van der Waals surface area contributed by atoms with Crippen molar-refractivity contribution >= 4 is 23.3 Å². The van der Waals surface area contributed by atoms with E-state index in [1.54, 1.807) is 11.3 Å². The van der Waals surface area contributed by atoms with Crippen molar-refractivity contribution in [3.63, 3.8) is 0 Å². The van der Waals surface area contributed by atoms with E-state index in [0.29, 0.717) is 0 Å². The Hall–Kier alpha value is -2.18. The average molecular weight is 332 g/mol. The number of amides is 3. The molecule has 2 aromatic rings. The zero-order valence-corrected chi connectivity index (χ0v) is 14.2. The molecule has 3 amide bonds. The van der Waals surface area contributed by atoms with Crippen molar-refractivity contribution < 1.29 is 14.5 Å². The third-order valence-corrected chi connectivity index (χ3v) is 4.58. The summed E-state index contributed by atoms with van der Waals surface area (Å²) in [6.07, 6.45) is 0. The minimum Gasteiger partial charge on any atom is -0.341 e. The highest BCUT2D eigenvalue weighted by Crippen LogP contribution is 2.12. The molecule has 0 spiro atoms. The molecule has 1 aromatic heterocycles. The van der Waals surface area contributed by atoms with E-state index < -0.39 is 12.1 Å². The fourth-order valence-corrected chi connectivity index (χ4v) is 3.29. The maximum Gasteiger partial charge on any atom is 0.321 e. The van der Waals surface area contributed by atoms with E-state index in [-0.39, 0.29) is 5.91 Å². The van der Waals surface area contributed by atoms with Crippen LogP contribution in [0.15, 0.2) is 47.8 Å². The molecule has 0 aliphatic heterocycles. The third-order valence-electron chi connectivity index (χ3n) is 3.70. The summed E-state index contributed by atoms with van der Waals surface area (Å²) in [6, 6.07) is 12.8. The van der Waals surface area contributed by atoms with Crippen molar-refractivity contribution in [3.05, 3.63) is 58.3 Å². The van der Waals surface area contributed by atoms with Crippen molar-refractivity contribution in [3.8, 4) is 0 Å². The lowest BCUT2D eigenvalue weighted by molar-refractivity contribution is -0.933. The summed E-state index contributed by atoms with van der Waals surface area (Å²) in [6.45, 7) is 3.57. The molecule has 23 heavy (non-hydrogen) atoms. The van der Waals surface area contributed by atoms with Gasteiger partial charge < -0.3 is 10.2 Å². The number of thiophene rings is 1. The highest BCUT2D eigenvalue weighted by atomic mass is 32.1. The van der Waals surface area contributed by atoms with Crippen LogP contribution in [0.2, 0.25) is 0 Å². The predicted octanol–water partition coefficient (Wildman–Crippen LogP) is 1.35. The van der Waals surface area contributed by atoms with Crippen LogP contribution in [0.3, 0.4) is 0 Å².